The number of hydrogen-bond donors (Lipinski definition) is 0. The highest BCUT2D eigenvalue weighted by atomic mass is 16.6. The third-order valence-corrected chi connectivity index (χ3v) is 5.78. The molecular formula is C24H24N2O7. The maximum Gasteiger partial charge on any atom is 0.353 e. The van der Waals surface area contributed by atoms with Crippen LogP contribution in [0.4, 0.5) is 5.69 Å². The van der Waals surface area contributed by atoms with Gasteiger partial charge in [-0.15, -0.1) is 0 Å². The fourth-order valence-electron chi connectivity index (χ4n) is 4.28. The van der Waals surface area contributed by atoms with Crippen LogP contribution in [0.3, 0.4) is 0 Å². The minimum Gasteiger partial charge on any atom is -0.459 e. The number of carbonyl (C=O) groups is 4. The summed E-state index contributed by atoms with van der Waals surface area (Å²) in [6, 6.07) is 15.1. The molecule has 0 saturated carbocycles. The van der Waals surface area contributed by atoms with Crippen molar-refractivity contribution in [3.63, 3.8) is 0 Å². The second-order valence-electron chi connectivity index (χ2n) is 7.65. The molecule has 0 aliphatic carbocycles. The Labute approximate surface area is 190 Å². The van der Waals surface area contributed by atoms with Gasteiger partial charge in [-0.25, -0.2) is 9.59 Å². The van der Waals surface area contributed by atoms with Crippen LogP contribution in [0, 0.1) is 0 Å². The summed E-state index contributed by atoms with van der Waals surface area (Å²) in [5.74, 6) is -1.93. The van der Waals surface area contributed by atoms with E-state index in [1.165, 1.54) is 16.9 Å². The number of rotatable bonds is 8. The van der Waals surface area contributed by atoms with Crippen LogP contribution < -0.4 is 4.90 Å². The van der Waals surface area contributed by atoms with Gasteiger partial charge in [0.05, 0.1) is 23.4 Å². The summed E-state index contributed by atoms with van der Waals surface area (Å²) >= 11 is 0. The number of para-hydroxylation sites is 1. The minimum atomic E-state index is -1.61. The molecule has 33 heavy (non-hydrogen) atoms. The van der Waals surface area contributed by atoms with Crippen molar-refractivity contribution in [1.82, 2.24) is 4.90 Å². The topological polar surface area (TPSA) is 102 Å². The highest BCUT2D eigenvalue weighted by molar-refractivity contribution is 6.15. The van der Waals surface area contributed by atoms with Crippen LogP contribution in [0.2, 0.25) is 0 Å². The van der Waals surface area contributed by atoms with Crippen molar-refractivity contribution < 1.29 is 33.4 Å². The number of methoxy groups -OCH3 is 1. The van der Waals surface area contributed by atoms with E-state index in [0.717, 1.165) is 0 Å². The molecule has 2 amide bonds. The third-order valence-electron chi connectivity index (χ3n) is 5.78. The fourth-order valence-corrected chi connectivity index (χ4v) is 4.28. The zero-order valence-electron chi connectivity index (χ0n) is 18.2. The average molecular weight is 452 g/mol. The first-order valence-corrected chi connectivity index (χ1v) is 10.6. The summed E-state index contributed by atoms with van der Waals surface area (Å²) in [5, 5.41) is 0. The van der Waals surface area contributed by atoms with E-state index in [1.54, 1.807) is 54.6 Å². The Hall–Kier alpha value is -3.72. The molecule has 0 N–H and O–H groups in total. The van der Waals surface area contributed by atoms with E-state index in [-0.39, 0.29) is 51.0 Å². The van der Waals surface area contributed by atoms with Gasteiger partial charge in [-0.1, -0.05) is 30.3 Å². The standard InChI is InChI=1S/C24H24N2O7/c1-31-14-13-25-21(28)18-9-5-6-10-19(18)26-20(27)11-12-24(25,26)23(30)33-16-15-32-22(29)17-7-3-2-4-8-17/h2-10H,11-16H2,1H3. The van der Waals surface area contributed by atoms with Crippen LogP contribution in [-0.2, 0) is 23.8 Å². The average Bonchev–Trinajstić information content (AvgIpc) is 3.20. The lowest BCUT2D eigenvalue weighted by atomic mass is 9.96. The van der Waals surface area contributed by atoms with Crippen LogP contribution in [0.15, 0.2) is 54.6 Å². The second kappa shape index (κ2) is 9.41. The Morgan fingerprint density at radius 3 is 2.39 bits per heavy atom. The number of ether oxygens (including phenoxy) is 3. The van der Waals surface area contributed by atoms with Gasteiger partial charge in [0.15, 0.2) is 0 Å². The lowest BCUT2D eigenvalue weighted by Gasteiger charge is -2.48. The van der Waals surface area contributed by atoms with Gasteiger partial charge in [-0.3, -0.25) is 14.5 Å². The number of esters is 2. The zero-order chi connectivity index (χ0) is 23.4. The summed E-state index contributed by atoms with van der Waals surface area (Å²) in [6.45, 7) is -0.0908. The van der Waals surface area contributed by atoms with Crippen molar-refractivity contribution >= 4 is 29.4 Å². The van der Waals surface area contributed by atoms with Gasteiger partial charge in [0.2, 0.25) is 11.6 Å². The Morgan fingerprint density at radius 2 is 1.64 bits per heavy atom. The summed E-state index contributed by atoms with van der Waals surface area (Å²) < 4.78 is 15.8. The lowest BCUT2D eigenvalue weighted by Crippen LogP contribution is -2.69. The maximum atomic E-state index is 13.4. The van der Waals surface area contributed by atoms with Crippen molar-refractivity contribution in [1.29, 1.82) is 0 Å². The number of hydrogen-bond acceptors (Lipinski definition) is 7. The van der Waals surface area contributed by atoms with E-state index in [4.69, 9.17) is 14.2 Å². The predicted octanol–water partition coefficient (Wildman–Crippen LogP) is 2.01. The molecule has 172 valence electrons. The fraction of sp³-hybridized carbons (Fsp3) is 0.333. The number of amides is 2. The van der Waals surface area contributed by atoms with E-state index < -0.39 is 17.6 Å². The molecular weight excluding hydrogens is 428 g/mol. The van der Waals surface area contributed by atoms with Crippen molar-refractivity contribution in [2.45, 2.75) is 18.5 Å². The number of benzene rings is 2. The van der Waals surface area contributed by atoms with Gasteiger partial charge in [0, 0.05) is 26.5 Å². The molecule has 1 fully saturated rings. The van der Waals surface area contributed by atoms with Crippen LogP contribution in [0.25, 0.3) is 0 Å². The van der Waals surface area contributed by atoms with E-state index >= 15 is 0 Å². The molecule has 2 aliphatic rings. The van der Waals surface area contributed by atoms with E-state index in [2.05, 4.69) is 0 Å². The molecule has 0 spiro atoms. The molecule has 0 radical (unpaired) electrons. The molecule has 1 atom stereocenters. The third kappa shape index (κ3) is 3.95. The van der Waals surface area contributed by atoms with Crippen molar-refractivity contribution in [3.8, 4) is 0 Å². The van der Waals surface area contributed by atoms with Crippen LogP contribution >= 0.6 is 0 Å². The van der Waals surface area contributed by atoms with Gasteiger partial charge in [0.25, 0.3) is 5.91 Å². The molecule has 2 aromatic rings. The monoisotopic (exact) mass is 452 g/mol. The summed E-state index contributed by atoms with van der Waals surface area (Å²) in [4.78, 5) is 54.4. The van der Waals surface area contributed by atoms with Crippen LogP contribution in [0.1, 0.15) is 33.6 Å². The Bertz CT molecular complexity index is 1070. The molecule has 9 nitrogen and oxygen atoms in total. The second-order valence-corrected chi connectivity index (χ2v) is 7.65. The molecule has 0 aromatic heterocycles. The zero-order valence-corrected chi connectivity index (χ0v) is 18.2. The Morgan fingerprint density at radius 1 is 0.939 bits per heavy atom. The Kier molecular flexibility index (Phi) is 6.41. The lowest BCUT2D eigenvalue weighted by molar-refractivity contribution is -0.158. The highest BCUT2D eigenvalue weighted by Gasteiger charge is 2.61. The molecule has 2 aromatic carbocycles. The van der Waals surface area contributed by atoms with E-state index in [0.29, 0.717) is 16.8 Å². The van der Waals surface area contributed by atoms with Gasteiger partial charge < -0.3 is 19.1 Å². The van der Waals surface area contributed by atoms with Gasteiger partial charge >= 0.3 is 11.9 Å². The summed E-state index contributed by atoms with van der Waals surface area (Å²) in [7, 11) is 1.49. The first-order valence-electron chi connectivity index (χ1n) is 10.6. The normalized spacial score (nSPS) is 19.2. The smallest absolute Gasteiger partial charge is 0.353 e. The predicted molar refractivity (Wildman–Crippen MR) is 116 cm³/mol. The molecule has 4 rings (SSSR count). The number of nitrogens with zero attached hydrogens (tertiary/aromatic N) is 2. The number of carbonyl (C=O) groups excluding carboxylic acids is 4. The van der Waals surface area contributed by atoms with Crippen molar-refractivity contribution in [3.05, 3.63) is 65.7 Å². The summed E-state index contributed by atoms with van der Waals surface area (Å²) in [6.07, 6.45) is 0.182. The number of fused-ring (bicyclic) bond motifs is 3. The molecule has 1 saturated heterocycles. The van der Waals surface area contributed by atoms with Crippen molar-refractivity contribution in [2.75, 3.05) is 38.4 Å². The van der Waals surface area contributed by atoms with Gasteiger partial charge in [0.1, 0.15) is 13.2 Å². The highest BCUT2D eigenvalue weighted by Crippen LogP contribution is 2.44. The van der Waals surface area contributed by atoms with Gasteiger partial charge in [-0.2, -0.15) is 0 Å². The largest absolute Gasteiger partial charge is 0.459 e. The van der Waals surface area contributed by atoms with Gasteiger partial charge in [-0.05, 0) is 24.3 Å². The number of anilines is 1. The molecule has 2 heterocycles. The molecule has 0 bridgehead atoms. The van der Waals surface area contributed by atoms with Crippen LogP contribution in [0.5, 0.6) is 0 Å². The first kappa shape index (κ1) is 22.5. The summed E-state index contributed by atoms with van der Waals surface area (Å²) in [5.41, 5.74) is -0.504. The van der Waals surface area contributed by atoms with Crippen molar-refractivity contribution in [2.24, 2.45) is 0 Å². The molecule has 1 unspecified atom stereocenters. The Balaban J connectivity index is 1.54. The van der Waals surface area contributed by atoms with E-state index in [1.807, 2.05) is 0 Å². The molecule has 2 aliphatic heterocycles. The quantitative estimate of drug-likeness (QED) is 0.446. The maximum absolute atomic E-state index is 13.4. The SMILES string of the molecule is COCCN1C(=O)c2ccccc2N2C(=O)CCC12C(=O)OCCOC(=O)c1ccccc1. The van der Waals surface area contributed by atoms with E-state index in [9.17, 15) is 19.2 Å². The minimum absolute atomic E-state index is 0.0865. The molecule has 9 heteroatoms. The van der Waals surface area contributed by atoms with Crippen LogP contribution in [-0.4, -0.2) is 67.8 Å². The first-order chi connectivity index (χ1) is 16.0.